The van der Waals surface area contributed by atoms with Gasteiger partial charge in [0, 0.05) is 18.3 Å². The standard InChI is InChI=1S/C9H12FN5OS/c1-3-14-5-7(4-11-14)9(16)8-6(2)12-15(13-8)17-10/h4-5,9,16H,3H2,1-2H3. The first-order chi connectivity index (χ1) is 8.15. The molecule has 1 unspecified atom stereocenters. The van der Waals surface area contributed by atoms with Crippen molar-refractivity contribution in [2.24, 2.45) is 0 Å². The minimum absolute atomic E-state index is 0.111. The Balaban J connectivity index is 2.29. The third kappa shape index (κ3) is 2.32. The molecule has 0 amide bonds. The molecular formula is C9H12FN5OS. The Morgan fingerprint density at radius 3 is 2.82 bits per heavy atom. The quantitative estimate of drug-likeness (QED) is 0.893. The van der Waals surface area contributed by atoms with E-state index in [0.29, 0.717) is 17.0 Å². The monoisotopic (exact) mass is 257 g/mol. The molecule has 8 heteroatoms. The van der Waals surface area contributed by atoms with Gasteiger partial charge in [-0.15, -0.1) is 14.1 Å². The lowest BCUT2D eigenvalue weighted by Gasteiger charge is -2.04. The van der Waals surface area contributed by atoms with E-state index in [1.807, 2.05) is 6.92 Å². The Labute approximate surface area is 102 Å². The molecule has 2 aromatic rings. The maximum absolute atomic E-state index is 12.3. The van der Waals surface area contributed by atoms with Crippen LogP contribution in [0.25, 0.3) is 0 Å². The summed E-state index contributed by atoms with van der Waals surface area (Å²) >= 11 is -0.111. The van der Waals surface area contributed by atoms with E-state index in [0.717, 1.165) is 10.7 Å². The zero-order valence-electron chi connectivity index (χ0n) is 9.41. The molecule has 2 rings (SSSR count). The van der Waals surface area contributed by atoms with Crippen LogP contribution in [-0.4, -0.2) is 29.3 Å². The van der Waals surface area contributed by atoms with Gasteiger partial charge in [-0.05, 0) is 13.8 Å². The maximum Gasteiger partial charge on any atom is 0.207 e. The molecule has 92 valence electrons. The van der Waals surface area contributed by atoms with Gasteiger partial charge in [0.25, 0.3) is 0 Å². The van der Waals surface area contributed by atoms with Crippen LogP contribution in [0.2, 0.25) is 0 Å². The highest BCUT2D eigenvalue weighted by Crippen LogP contribution is 2.22. The number of hydrogen-bond acceptors (Lipinski definition) is 5. The summed E-state index contributed by atoms with van der Waals surface area (Å²) in [7, 11) is 0. The Morgan fingerprint density at radius 1 is 1.53 bits per heavy atom. The number of aliphatic hydroxyl groups is 1. The van der Waals surface area contributed by atoms with Gasteiger partial charge >= 0.3 is 0 Å². The molecule has 6 nitrogen and oxygen atoms in total. The number of aromatic nitrogens is 5. The highest BCUT2D eigenvalue weighted by molar-refractivity contribution is 7.92. The van der Waals surface area contributed by atoms with Crippen molar-refractivity contribution in [1.82, 2.24) is 24.2 Å². The van der Waals surface area contributed by atoms with Gasteiger partial charge in [-0.1, -0.05) is 4.20 Å². The first-order valence-corrected chi connectivity index (χ1v) is 5.76. The second kappa shape index (κ2) is 4.84. The molecule has 0 aliphatic carbocycles. The number of halogens is 1. The second-order valence-electron chi connectivity index (χ2n) is 3.52. The van der Waals surface area contributed by atoms with Gasteiger partial charge in [0.15, 0.2) is 0 Å². The average molecular weight is 257 g/mol. The summed E-state index contributed by atoms with van der Waals surface area (Å²) in [5.74, 6) is 0. The van der Waals surface area contributed by atoms with Crippen LogP contribution < -0.4 is 0 Å². The topological polar surface area (TPSA) is 68.8 Å². The summed E-state index contributed by atoms with van der Waals surface area (Å²) < 4.78 is 14.8. The highest BCUT2D eigenvalue weighted by atomic mass is 32.2. The molecular weight excluding hydrogens is 245 g/mol. The fourth-order valence-electron chi connectivity index (χ4n) is 1.50. The number of aryl methyl sites for hydroxylation is 2. The lowest BCUT2D eigenvalue weighted by Crippen LogP contribution is -2.02. The van der Waals surface area contributed by atoms with Gasteiger partial charge < -0.3 is 5.11 Å². The van der Waals surface area contributed by atoms with Crippen molar-refractivity contribution in [2.45, 2.75) is 26.5 Å². The summed E-state index contributed by atoms with van der Waals surface area (Å²) in [4.78, 5) is 0. The van der Waals surface area contributed by atoms with Crippen LogP contribution in [0.5, 0.6) is 0 Å². The van der Waals surface area contributed by atoms with Crippen molar-refractivity contribution in [3.8, 4) is 0 Å². The molecule has 0 saturated carbocycles. The smallest absolute Gasteiger partial charge is 0.207 e. The van der Waals surface area contributed by atoms with Gasteiger partial charge in [-0.25, -0.2) is 0 Å². The van der Waals surface area contributed by atoms with Crippen LogP contribution in [0, 0.1) is 6.92 Å². The van der Waals surface area contributed by atoms with Gasteiger partial charge in [-0.2, -0.15) is 5.10 Å². The fourth-order valence-corrected chi connectivity index (χ4v) is 1.77. The normalized spacial score (nSPS) is 12.9. The molecule has 1 N–H and O–H groups in total. The molecule has 2 aromatic heterocycles. The third-order valence-corrected chi connectivity index (χ3v) is 2.70. The van der Waals surface area contributed by atoms with Crippen LogP contribution in [-0.2, 0) is 6.54 Å². The summed E-state index contributed by atoms with van der Waals surface area (Å²) in [6, 6.07) is 0. The van der Waals surface area contributed by atoms with Crippen molar-refractivity contribution < 1.29 is 8.99 Å². The lowest BCUT2D eigenvalue weighted by atomic mass is 10.1. The van der Waals surface area contributed by atoms with Crippen LogP contribution in [0.3, 0.4) is 0 Å². The molecule has 0 aliphatic heterocycles. The van der Waals surface area contributed by atoms with Gasteiger partial charge in [-0.3, -0.25) is 4.68 Å². The molecule has 0 fully saturated rings. The maximum atomic E-state index is 12.3. The van der Waals surface area contributed by atoms with E-state index < -0.39 is 6.10 Å². The van der Waals surface area contributed by atoms with Crippen molar-refractivity contribution >= 4 is 12.3 Å². The SMILES string of the molecule is CCn1cc(C(O)c2nn(SF)nc2C)cn1. The Morgan fingerprint density at radius 2 is 2.29 bits per heavy atom. The molecule has 2 heterocycles. The molecule has 0 aromatic carbocycles. The Hall–Kier alpha value is -1.41. The summed E-state index contributed by atoms with van der Waals surface area (Å²) in [6.07, 6.45) is 2.36. The first kappa shape index (κ1) is 12.1. The average Bonchev–Trinajstić information content (AvgIpc) is 2.94. The van der Waals surface area contributed by atoms with Gasteiger partial charge in [0.1, 0.15) is 11.8 Å². The van der Waals surface area contributed by atoms with Crippen LogP contribution in [0.1, 0.15) is 30.0 Å². The van der Waals surface area contributed by atoms with E-state index in [4.69, 9.17) is 0 Å². The van der Waals surface area contributed by atoms with Crippen LogP contribution in [0.4, 0.5) is 3.89 Å². The number of rotatable bonds is 4. The zero-order chi connectivity index (χ0) is 12.4. The summed E-state index contributed by atoms with van der Waals surface area (Å²) in [5.41, 5.74) is 1.45. The Kier molecular flexibility index (Phi) is 3.43. The van der Waals surface area contributed by atoms with Crippen molar-refractivity contribution in [3.05, 3.63) is 29.3 Å². The molecule has 0 saturated heterocycles. The van der Waals surface area contributed by atoms with Crippen LogP contribution in [0.15, 0.2) is 12.4 Å². The highest BCUT2D eigenvalue weighted by Gasteiger charge is 2.20. The van der Waals surface area contributed by atoms with Crippen molar-refractivity contribution in [2.75, 3.05) is 0 Å². The minimum Gasteiger partial charge on any atom is -0.382 e. The molecule has 17 heavy (non-hydrogen) atoms. The lowest BCUT2D eigenvalue weighted by molar-refractivity contribution is 0.214. The van der Waals surface area contributed by atoms with Crippen molar-refractivity contribution in [1.29, 1.82) is 0 Å². The molecule has 0 aliphatic rings. The van der Waals surface area contributed by atoms with E-state index in [2.05, 4.69) is 15.3 Å². The largest absolute Gasteiger partial charge is 0.382 e. The number of nitrogens with zero attached hydrogens (tertiary/aromatic N) is 5. The van der Waals surface area contributed by atoms with Crippen LogP contribution >= 0.6 is 12.3 Å². The van der Waals surface area contributed by atoms with E-state index in [1.165, 1.54) is 0 Å². The molecule has 1 atom stereocenters. The number of hydrogen-bond donors (Lipinski definition) is 1. The van der Waals surface area contributed by atoms with Gasteiger partial charge in [0.2, 0.25) is 12.3 Å². The molecule has 0 bridgehead atoms. The molecule has 0 spiro atoms. The van der Waals surface area contributed by atoms with Gasteiger partial charge in [0.05, 0.1) is 11.9 Å². The minimum atomic E-state index is -0.934. The predicted molar refractivity (Wildman–Crippen MR) is 60.8 cm³/mol. The zero-order valence-corrected chi connectivity index (χ0v) is 10.2. The van der Waals surface area contributed by atoms with E-state index in [9.17, 15) is 8.99 Å². The molecule has 0 radical (unpaired) electrons. The third-order valence-electron chi connectivity index (χ3n) is 2.41. The number of aliphatic hydroxyl groups excluding tert-OH is 1. The fraction of sp³-hybridized carbons (Fsp3) is 0.444. The van der Waals surface area contributed by atoms with E-state index >= 15 is 0 Å². The Bertz CT molecular complexity index is 511. The second-order valence-corrected chi connectivity index (χ2v) is 3.99. The van der Waals surface area contributed by atoms with Crippen molar-refractivity contribution in [3.63, 3.8) is 0 Å². The summed E-state index contributed by atoms with van der Waals surface area (Å²) in [5, 5.41) is 21.8. The van der Waals surface area contributed by atoms with E-state index in [1.54, 1.807) is 24.0 Å². The predicted octanol–water partition coefficient (Wildman–Crippen LogP) is 1.27. The first-order valence-electron chi connectivity index (χ1n) is 5.09. The summed E-state index contributed by atoms with van der Waals surface area (Å²) in [6.45, 7) is 4.34. The van der Waals surface area contributed by atoms with E-state index in [-0.39, 0.29) is 12.3 Å².